The van der Waals surface area contributed by atoms with Gasteiger partial charge in [-0.15, -0.1) is 0 Å². The molecule has 0 fully saturated rings. The summed E-state index contributed by atoms with van der Waals surface area (Å²) in [5, 5.41) is 1.95. The zero-order valence-electron chi connectivity index (χ0n) is 11.5. The molecule has 0 radical (unpaired) electrons. The predicted molar refractivity (Wildman–Crippen MR) is 112 cm³/mol. The first-order valence-electron chi connectivity index (χ1n) is 6.23. The monoisotopic (exact) mass is 570 g/mol. The normalized spacial score (nSPS) is 11.0. The van der Waals surface area contributed by atoms with Gasteiger partial charge in [0.05, 0.1) is 31.2 Å². The van der Waals surface area contributed by atoms with Crippen molar-refractivity contribution in [1.82, 2.24) is 0 Å². The smallest absolute Gasteiger partial charge is 0.199 e. The van der Waals surface area contributed by atoms with E-state index in [1.54, 1.807) is 0 Å². The first kappa shape index (κ1) is 21.1. The molecule has 128 valence electrons. The fourth-order valence-corrected chi connectivity index (χ4v) is 6.00. The third-order valence-electron chi connectivity index (χ3n) is 3.25. The van der Waals surface area contributed by atoms with Crippen LogP contribution in [0.1, 0.15) is 27.0 Å². The summed E-state index contributed by atoms with van der Waals surface area (Å²) < 4.78 is 0. The van der Waals surface area contributed by atoms with Crippen LogP contribution in [0.3, 0.4) is 0 Å². The fourth-order valence-electron chi connectivity index (χ4n) is 2.05. The molecule has 0 aliphatic carbocycles. The number of alkyl halides is 2. The van der Waals surface area contributed by atoms with Gasteiger partial charge in [-0.3, -0.25) is 4.79 Å². The van der Waals surface area contributed by atoms with Gasteiger partial charge in [-0.05, 0) is 12.1 Å². The quantitative estimate of drug-likeness (QED) is 0.264. The van der Waals surface area contributed by atoms with E-state index in [4.69, 9.17) is 69.6 Å². The Morgan fingerprint density at radius 1 is 0.708 bits per heavy atom. The van der Waals surface area contributed by atoms with E-state index < -0.39 is 5.78 Å². The molecular formula is C15H6Br2Cl6O. The molecule has 0 saturated heterocycles. The van der Waals surface area contributed by atoms with Crippen molar-refractivity contribution < 1.29 is 4.79 Å². The van der Waals surface area contributed by atoms with Gasteiger partial charge < -0.3 is 0 Å². The van der Waals surface area contributed by atoms with Crippen molar-refractivity contribution in [3.05, 3.63) is 64.5 Å². The van der Waals surface area contributed by atoms with E-state index >= 15 is 0 Å². The highest BCUT2D eigenvalue weighted by Crippen LogP contribution is 2.41. The van der Waals surface area contributed by atoms with Crippen molar-refractivity contribution in [2.75, 3.05) is 0 Å². The lowest BCUT2D eigenvalue weighted by Crippen LogP contribution is -2.08. The van der Waals surface area contributed by atoms with E-state index in [1.165, 1.54) is 12.1 Å². The SMILES string of the molecule is O=C(c1c(Cl)cc(Cl)c(CBr)c1Cl)c1c(Cl)cc(Cl)c(CBr)c1Cl. The molecule has 0 aliphatic rings. The lowest BCUT2D eigenvalue weighted by molar-refractivity contribution is 0.103. The molecule has 0 aromatic heterocycles. The third kappa shape index (κ3) is 3.89. The van der Waals surface area contributed by atoms with Crippen LogP contribution in [0.15, 0.2) is 12.1 Å². The number of hydrogen-bond donors (Lipinski definition) is 0. The predicted octanol–water partition coefficient (Wildman–Crippen LogP) is 8.63. The molecule has 0 bridgehead atoms. The Morgan fingerprint density at radius 3 is 1.33 bits per heavy atom. The van der Waals surface area contributed by atoms with Gasteiger partial charge in [0.25, 0.3) is 0 Å². The summed E-state index contributed by atoms with van der Waals surface area (Å²) in [6, 6.07) is 2.92. The van der Waals surface area contributed by atoms with Crippen molar-refractivity contribution in [3.63, 3.8) is 0 Å². The van der Waals surface area contributed by atoms with E-state index in [9.17, 15) is 4.79 Å². The highest BCUT2D eigenvalue weighted by atomic mass is 79.9. The molecule has 1 nitrogen and oxygen atoms in total. The Labute approximate surface area is 185 Å². The van der Waals surface area contributed by atoms with E-state index in [2.05, 4.69) is 31.9 Å². The second kappa shape index (κ2) is 8.67. The first-order valence-corrected chi connectivity index (χ1v) is 10.7. The van der Waals surface area contributed by atoms with Crippen LogP contribution in [0, 0.1) is 0 Å². The molecule has 0 N–H and O–H groups in total. The summed E-state index contributed by atoms with van der Waals surface area (Å²) >= 11 is 43.8. The average Bonchev–Trinajstić information content (AvgIpc) is 2.46. The van der Waals surface area contributed by atoms with Crippen molar-refractivity contribution >= 4 is 107 Å². The van der Waals surface area contributed by atoms with Crippen molar-refractivity contribution in [2.45, 2.75) is 10.7 Å². The average molecular weight is 575 g/mol. The molecule has 2 rings (SSSR count). The minimum absolute atomic E-state index is 0.0869. The maximum Gasteiger partial charge on any atom is 0.199 e. The standard InChI is InChI=1S/C15H6Br2Cl6O/c16-3-5-7(18)1-9(20)11(13(5)22)15(24)12-10(21)2-8(19)6(4-17)14(12)23/h1-2H,3-4H2. The molecule has 0 saturated carbocycles. The number of halogens is 8. The molecule has 0 unspecified atom stereocenters. The van der Waals surface area contributed by atoms with Gasteiger partial charge in [-0.2, -0.15) is 0 Å². The largest absolute Gasteiger partial charge is 0.288 e. The Balaban J connectivity index is 2.76. The molecule has 0 heterocycles. The number of ketones is 1. The van der Waals surface area contributed by atoms with Crippen molar-refractivity contribution in [1.29, 1.82) is 0 Å². The molecule has 2 aromatic rings. The van der Waals surface area contributed by atoms with Crippen LogP contribution in [0.4, 0.5) is 0 Å². The van der Waals surface area contributed by atoms with Crippen LogP contribution in [0.25, 0.3) is 0 Å². The van der Waals surface area contributed by atoms with E-state index in [-0.39, 0.29) is 31.2 Å². The number of benzene rings is 2. The lowest BCUT2D eigenvalue weighted by Gasteiger charge is -2.15. The minimum atomic E-state index is -0.502. The van der Waals surface area contributed by atoms with Crippen LogP contribution in [0.5, 0.6) is 0 Å². The molecule has 9 heteroatoms. The third-order valence-corrected chi connectivity index (χ3v) is 6.48. The zero-order valence-corrected chi connectivity index (χ0v) is 19.2. The summed E-state index contributed by atoms with van der Waals surface area (Å²) in [7, 11) is 0. The highest BCUT2D eigenvalue weighted by molar-refractivity contribution is 9.08. The van der Waals surface area contributed by atoms with E-state index in [1.807, 2.05) is 0 Å². The number of carbonyl (C=O) groups excluding carboxylic acids is 1. The van der Waals surface area contributed by atoms with Crippen LogP contribution in [-0.2, 0) is 10.7 Å². The maximum atomic E-state index is 13.0. The Kier molecular flexibility index (Phi) is 7.62. The van der Waals surface area contributed by atoms with Gasteiger partial charge in [-0.25, -0.2) is 0 Å². The summed E-state index contributed by atoms with van der Waals surface area (Å²) in [5.74, 6) is -0.502. The summed E-state index contributed by atoms with van der Waals surface area (Å²) in [6.07, 6.45) is 0. The van der Waals surface area contributed by atoms with Gasteiger partial charge in [0.15, 0.2) is 5.78 Å². The fraction of sp³-hybridized carbons (Fsp3) is 0.133. The molecule has 0 spiro atoms. The van der Waals surface area contributed by atoms with Crippen LogP contribution in [0.2, 0.25) is 30.1 Å². The van der Waals surface area contributed by atoms with E-state index in [0.29, 0.717) is 31.8 Å². The van der Waals surface area contributed by atoms with Gasteiger partial charge >= 0.3 is 0 Å². The molecule has 0 aliphatic heterocycles. The van der Waals surface area contributed by atoms with Crippen molar-refractivity contribution in [2.24, 2.45) is 0 Å². The second-order valence-corrected chi connectivity index (χ2v) is 8.12. The highest BCUT2D eigenvalue weighted by Gasteiger charge is 2.27. The second-order valence-electron chi connectivity index (χ2n) is 4.61. The van der Waals surface area contributed by atoms with Gasteiger partial charge in [0.2, 0.25) is 0 Å². The number of rotatable bonds is 4. The Bertz CT molecular complexity index is 770. The van der Waals surface area contributed by atoms with Gasteiger partial charge in [0, 0.05) is 31.8 Å². The molecule has 24 heavy (non-hydrogen) atoms. The van der Waals surface area contributed by atoms with Crippen LogP contribution in [-0.4, -0.2) is 5.78 Å². The minimum Gasteiger partial charge on any atom is -0.288 e. The molecule has 0 atom stereocenters. The van der Waals surface area contributed by atoms with Crippen LogP contribution < -0.4 is 0 Å². The van der Waals surface area contributed by atoms with Gasteiger partial charge in [-0.1, -0.05) is 101 Å². The Hall–Kier alpha value is 0.810. The molecule has 2 aromatic carbocycles. The number of hydrogen-bond acceptors (Lipinski definition) is 1. The summed E-state index contributed by atoms with van der Waals surface area (Å²) in [5.41, 5.74) is 1.27. The first-order chi connectivity index (χ1) is 11.2. The summed E-state index contributed by atoms with van der Waals surface area (Å²) in [6.45, 7) is 0. The van der Waals surface area contributed by atoms with E-state index in [0.717, 1.165) is 0 Å². The lowest BCUT2D eigenvalue weighted by atomic mass is 9.99. The number of carbonyl (C=O) groups is 1. The zero-order chi connectivity index (χ0) is 18.2. The Morgan fingerprint density at radius 2 is 1.04 bits per heavy atom. The van der Waals surface area contributed by atoms with Crippen LogP contribution >= 0.6 is 101 Å². The maximum absolute atomic E-state index is 13.0. The van der Waals surface area contributed by atoms with Crippen molar-refractivity contribution in [3.8, 4) is 0 Å². The topological polar surface area (TPSA) is 17.1 Å². The molecular weight excluding hydrogens is 569 g/mol. The summed E-state index contributed by atoms with van der Waals surface area (Å²) in [4.78, 5) is 13.0. The molecule has 0 amide bonds. The van der Waals surface area contributed by atoms with Gasteiger partial charge in [0.1, 0.15) is 0 Å².